The number of hydrogen-bond acceptors (Lipinski definition) is 2. The van der Waals surface area contributed by atoms with Crippen molar-refractivity contribution in [3.05, 3.63) is 65.0 Å². The molecule has 0 aliphatic rings. The van der Waals surface area contributed by atoms with E-state index in [-0.39, 0.29) is 11.9 Å². The Kier molecular flexibility index (Phi) is 4.74. The molecule has 0 bridgehead atoms. The Labute approximate surface area is 119 Å². The second-order valence-corrected chi connectivity index (χ2v) is 4.91. The van der Waals surface area contributed by atoms with E-state index in [0.29, 0.717) is 6.61 Å². The van der Waals surface area contributed by atoms with Gasteiger partial charge >= 0.3 is 0 Å². The number of halogens is 1. The first-order valence-electron chi connectivity index (χ1n) is 6.84. The van der Waals surface area contributed by atoms with Crippen molar-refractivity contribution in [3.63, 3.8) is 0 Å². The van der Waals surface area contributed by atoms with Gasteiger partial charge < -0.3 is 10.5 Å². The van der Waals surface area contributed by atoms with Crippen LogP contribution in [0.1, 0.15) is 36.1 Å². The maximum Gasteiger partial charge on any atom is 0.124 e. The van der Waals surface area contributed by atoms with Crippen LogP contribution in [0.3, 0.4) is 0 Å². The predicted octanol–water partition coefficient (Wildman–Crippen LogP) is 4.12. The van der Waals surface area contributed by atoms with Crippen molar-refractivity contribution < 1.29 is 9.13 Å². The molecule has 0 heterocycles. The van der Waals surface area contributed by atoms with E-state index in [4.69, 9.17) is 10.5 Å². The number of nitrogens with two attached hydrogens (primary N) is 1. The van der Waals surface area contributed by atoms with Gasteiger partial charge in [-0.25, -0.2) is 4.39 Å². The van der Waals surface area contributed by atoms with E-state index in [2.05, 4.69) is 0 Å². The molecule has 0 spiro atoms. The van der Waals surface area contributed by atoms with Crippen molar-refractivity contribution in [2.45, 2.75) is 32.9 Å². The fourth-order valence-corrected chi connectivity index (χ4v) is 2.11. The van der Waals surface area contributed by atoms with Gasteiger partial charge in [-0.05, 0) is 42.7 Å². The molecule has 0 aromatic heterocycles. The Morgan fingerprint density at radius 2 is 1.95 bits per heavy atom. The summed E-state index contributed by atoms with van der Waals surface area (Å²) in [4.78, 5) is 0. The van der Waals surface area contributed by atoms with Crippen molar-refractivity contribution >= 4 is 0 Å². The van der Waals surface area contributed by atoms with Gasteiger partial charge in [-0.3, -0.25) is 0 Å². The second kappa shape index (κ2) is 6.53. The predicted molar refractivity (Wildman–Crippen MR) is 79.1 cm³/mol. The molecular weight excluding hydrogens is 253 g/mol. The fraction of sp³-hybridized carbons (Fsp3) is 0.294. The Balaban J connectivity index is 2.15. The summed E-state index contributed by atoms with van der Waals surface area (Å²) in [5, 5.41) is 0. The number of ether oxygens (including phenoxy) is 1. The highest BCUT2D eigenvalue weighted by atomic mass is 19.1. The van der Waals surface area contributed by atoms with Gasteiger partial charge in [0.2, 0.25) is 0 Å². The van der Waals surface area contributed by atoms with E-state index in [1.54, 1.807) is 6.07 Å². The molecule has 0 aliphatic carbocycles. The lowest BCUT2D eigenvalue weighted by atomic mass is 10.0. The minimum atomic E-state index is -0.223. The average Bonchev–Trinajstić information content (AvgIpc) is 2.46. The number of para-hydroxylation sites is 1. The van der Waals surface area contributed by atoms with Gasteiger partial charge in [0.05, 0.1) is 0 Å². The summed E-state index contributed by atoms with van der Waals surface area (Å²) >= 11 is 0. The number of rotatable bonds is 5. The SMILES string of the molecule is CC[C@@H](N)c1ccccc1OCc1ccc(F)cc1C. The maximum atomic E-state index is 13.1. The molecule has 0 aliphatic heterocycles. The van der Waals surface area contributed by atoms with Gasteiger partial charge in [0.25, 0.3) is 0 Å². The number of benzene rings is 2. The third kappa shape index (κ3) is 3.36. The smallest absolute Gasteiger partial charge is 0.124 e. The lowest BCUT2D eigenvalue weighted by Crippen LogP contribution is -2.11. The quantitative estimate of drug-likeness (QED) is 0.889. The molecule has 1 atom stereocenters. The molecule has 106 valence electrons. The summed E-state index contributed by atoms with van der Waals surface area (Å²) in [5.41, 5.74) is 8.96. The van der Waals surface area contributed by atoms with Crippen LogP contribution in [0.4, 0.5) is 4.39 Å². The highest BCUT2D eigenvalue weighted by molar-refractivity contribution is 5.36. The Bertz CT molecular complexity index is 583. The van der Waals surface area contributed by atoms with Crippen LogP contribution < -0.4 is 10.5 Å². The second-order valence-electron chi connectivity index (χ2n) is 4.91. The van der Waals surface area contributed by atoms with Crippen molar-refractivity contribution in [3.8, 4) is 5.75 Å². The first-order chi connectivity index (χ1) is 9.61. The third-order valence-electron chi connectivity index (χ3n) is 3.45. The van der Waals surface area contributed by atoms with Gasteiger partial charge in [0.1, 0.15) is 18.2 Å². The van der Waals surface area contributed by atoms with Crippen LogP contribution in [0.5, 0.6) is 5.75 Å². The average molecular weight is 273 g/mol. The topological polar surface area (TPSA) is 35.2 Å². The van der Waals surface area contributed by atoms with Crippen LogP contribution in [0, 0.1) is 12.7 Å². The molecule has 3 heteroatoms. The normalized spacial score (nSPS) is 12.2. The first-order valence-corrected chi connectivity index (χ1v) is 6.84. The number of aryl methyl sites for hydroxylation is 1. The van der Waals surface area contributed by atoms with Crippen LogP contribution in [0.2, 0.25) is 0 Å². The van der Waals surface area contributed by atoms with E-state index < -0.39 is 0 Å². The summed E-state index contributed by atoms with van der Waals surface area (Å²) in [6.45, 7) is 4.34. The van der Waals surface area contributed by atoms with E-state index in [0.717, 1.165) is 28.9 Å². The first kappa shape index (κ1) is 14.5. The van der Waals surface area contributed by atoms with Crippen LogP contribution in [0.25, 0.3) is 0 Å². The fourth-order valence-electron chi connectivity index (χ4n) is 2.11. The van der Waals surface area contributed by atoms with Crippen LogP contribution in [-0.2, 0) is 6.61 Å². The Hall–Kier alpha value is -1.87. The van der Waals surface area contributed by atoms with Crippen LogP contribution in [0.15, 0.2) is 42.5 Å². The third-order valence-corrected chi connectivity index (χ3v) is 3.45. The standard InChI is InChI=1S/C17H20FNO/c1-3-16(19)15-6-4-5-7-17(15)20-11-13-8-9-14(18)10-12(13)2/h4-10,16H,3,11,19H2,1-2H3/t16-/m1/s1. The molecule has 2 rings (SSSR count). The van der Waals surface area contributed by atoms with Gasteiger partial charge in [0.15, 0.2) is 0 Å². The monoisotopic (exact) mass is 273 g/mol. The van der Waals surface area contributed by atoms with Crippen molar-refractivity contribution in [2.24, 2.45) is 5.73 Å². The minimum absolute atomic E-state index is 0.0273. The largest absolute Gasteiger partial charge is 0.489 e. The molecule has 2 aromatic rings. The van der Waals surface area contributed by atoms with E-state index in [9.17, 15) is 4.39 Å². The van der Waals surface area contributed by atoms with E-state index in [1.165, 1.54) is 12.1 Å². The molecule has 2 nitrogen and oxygen atoms in total. The van der Waals surface area contributed by atoms with Gasteiger partial charge in [0, 0.05) is 11.6 Å². The molecule has 2 aromatic carbocycles. The van der Waals surface area contributed by atoms with Crippen molar-refractivity contribution in [2.75, 3.05) is 0 Å². The van der Waals surface area contributed by atoms with Gasteiger partial charge in [-0.1, -0.05) is 31.2 Å². The molecule has 0 amide bonds. The zero-order chi connectivity index (χ0) is 14.5. The summed E-state index contributed by atoms with van der Waals surface area (Å²) in [6.07, 6.45) is 0.857. The van der Waals surface area contributed by atoms with Crippen LogP contribution in [-0.4, -0.2) is 0 Å². The Morgan fingerprint density at radius 1 is 1.20 bits per heavy atom. The molecule has 0 saturated carbocycles. The van der Waals surface area contributed by atoms with E-state index >= 15 is 0 Å². The molecular formula is C17H20FNO. The van der Waals surface area contributed by atoms with Crippen LogP contribution >= 0.6 is 0 Å². The van der Waals surface area contributed by atoms with Crippen molar-refractivity contribution in [1.29, 1.82) is 0 Å². The minimum Gasteiger partial charge on any atom is -0.489 e. The van der Waals surface area contributed by atoms with Gasteiger partial charge in [-0.15, -0.1) is 0 Å². The Morgan fingerprint density at radius 3 is 2.65 bits per heavy atom. The summed E-state index contributed by atoms with van der Waals surface area (Å²) < 4.78 is 18.9. The molecule has 0 fully saturated rings. The van der Waals surface area contributed by atoms with Gasteiger partial charge in [-0.2, -0.15) is 0 Å². The molecule has 0 unspecified atom stereocenters. The molecule has 20 heavy (non-hydrogen) atoms. The summed E-state index contributed by atoms with van der Waals surface area (Å²) in [7, 11) is 0. The summed E-state index contributed by atoms with van der Waals surface area (Å²) in [5.74, 6) is 0.574. The van der Waals surface area contributed by atoms with E-state index in [1.807, 2.05) is 38.1 Å². The maximum absolute atomic E-state index is 13.1. The lowest BCUT2D eigenvalue weighted by Gasteiger charge is -2.16. The lowest BCUT2D eigenvalue weighted by molar-refractivity contribution is 0.300. The summed E-state index contributed by atoms with van der Waals surface area (Å²) in [6, 6.07) is 12.5. The molecule has 2 N–H and O–H groups in total. The highest BCUT2D eigenvalue weighted by Crippen LogP contribution is 2.26. The molecule has 0 saturated heterocycles. The zero-order valence-electron chi connectivity index (χ0n) is 11.9. The highest BCUT2D eigenvalue weighted by Gasteiger charge is 2.10. The number of hydrogen-bond donors (Lipinski definition) is 1. The zero-order valence-corrected chi connectivity index (χ0v) is 11.9. The van der Waals surface area contributed by atoms with Crippen molar-refractivity contribution in [1.82, 2.24) is 0 Å². The molecule has 0 radical (unpaired) electrons.